The predicted molar refractivity (Wildman–Crippen MR) is 108 cm³/mol. The minimum atomic E-state index is -2.41. The number of aromatic nitrogens is 3. The molecular weight excluding hydrogens is 381 g/mol. The van der Waals surface area contributed by atoms with E-state index in [2.05, 4.69) is 14.3 Å². The van der Waals surface area contributed by atoms with Crippen LogP contribution in [-0.2, 0) is 20.9 Å². The third-order valence-corrected chi connectivity index (χ3v) is 5.25. The largest absolute Gasteiger partial charge is 0.377 e. The minimum Gasteiger partial charge on any atom is -0.377 e. The number of nitrogens with zero attached hydrogens (tertiary/aromatic N) is 5. The molecule has 0 spiro atoms. The molecule has 2 aromatic heterocycles. The van der Waals surface area contributed by atoms with E-state index >= 15 is 0 Å². The summed E-state index contributed by atoms with van der Waals surface area (Å²) in [5.74, 6) is 1.35. The third kappa shape index (κ3) is 3.90. The normalized spacial score (nSPS) is 19.0. The van der Waals surface area contributed by atoms with E-state index in [9.17, 15) is 8.60 Å². The Hall–Kier alpha value is -2.39. The van der Waals surface area contributed by atoms with Crippen LogP contribution in [0, 0.1) is 0 Å². The molecule has 1 aliphatic heterocycles. The second-order valence-corrected chi connectivity index (χ2v) is 9.63. The van der Waals surface area contributed by atoms with Crippen molar-refractivity contribution in [3.05, 3.63) is 35.7 Å². The van der Waals surface area contributed by atoms with Crippen LogP contribution in [0.3, 0.4) is 0 Å². The standard InChI is InChI=1S/C19H22FN5O2S/c1-28(2,26)24-17-10-18(25-8-9-27-12-13(25)11-20)23-19(22-17)15-6-7-21-16-5-3-4-14(15)16/h3-4,6-7,10,13H,5,8-9,11-12H2,1-2H3/t13-/m1/s1. The zero-order chi connectivity index (χ0) is 19.7. The van der Waals surface area contributed by atoms with Crippen LogP contribution in [0.25, 0.3) is 17.5 Å². The van der Waals surface area contributed by atoms with Crippen LogP contribution in [0.4, 0.5) is 16.0 Å². The van der Waals surface area contributed by atoms with Gasteiger partial charge in [0.2, 0.25) is 0 Å². The Morgan fingerprint density at radius 2 is 2.25 bits per heavy atom. The number of fused-ring (bicyclic) bond motifs is 1. The fraction of sp³-hybridized carbons (Fsp3) is 0.421. The molecule has 2 aliphatic rings. The van der Waals surface area contributed by atoms with Crippen LogP contribution < -0.4 is 4.90 Å². The monoisotopic (exact) mass is 403 g/mol. The lowest BCUT2D eigenvalue weighted by Crippen LogP contribution is -2.47. The van der Waals surface area contributed by atoms with Gasteiger partial charge in [0.05, 0.1) is 24.9 Å². The molecule has 7 nitrogen and oxygen atoms in total. The number of pyridine rings is 1. The lowest BCUT2D eigenvalue weighted by molar-refractivity contribution is 0.0855. The number of alkyl halides is 1. The van der Waals surface area contributed by atoms with E-state index in [-0.39, 0.29) is 0 Å². The summed E-state index contributed by atoms with van der Waals surface area (Å²) in [5.41, 5.74) is 2.77. The molecule has 1 atom stereocenters. The van der Waals surface area contributed by atoms with E-state index in [1.807, 2.05) is 23.1 Å². The molecule has 0 amide bonds. The fourth-order valence-corrected chi connectivity index (χ4v) is 3.94. The van der Waals surface area contributed by atoms with Gasteiger partial charge in [-0.1, -0.05) is 12.2 Å². The molecule has 3 heterocycles. The molecule has 148 valence electrons. The number of hydrogen-bond donors (Lipinski definition) is 0. The Morgan fingerprint density at radius 1 is 1.39 bits per heavy atom. The number of hydrogen-bond acceptors (Lipinski definition) is 7. The van der Waals surface area contributed by atoms with Crippen LogP contribution >= 0.6 is 0 Å². The minimum absolute atomic E-state index is 0.300. The van der Waals surface area contributed by atoms with E-state index < -0.39 is 22.4 Å². The first-order chi connectivity index (χ1) is 13.4. The highest BCUT2D eigenvalue weighted by molar-refractivity contribution is 7.92. The highest BCUT2D eigenvalue weighted by Crippen LogP contribution is 2.31. The van der Waals surface area contributed by atoms with E-state index in [1.165, 1.54) is 0 Å². The van der Waals surface area contributed by atoms with Gasteiger partial charge in [-0.25, -0.2) is 18.6 Å². The van der Waals surface area contributed by atoms with Gasteiger partial charge in [0.15, 0.2) is 11.6 Å². The van der Waals surface area contributed by atoms with Crippen LogP contribution in [0.2, 0.25) is 0 Å². The van der Waals surface area contributed by atoms with E-state index in [4.69, 9.17) is 9.72 Å². The van der Waals surface area contributed by atoms with Crippen molar-refractivity contribution in [2.45, 2.75) is 12.5 Å². The second-order valence-electron chi connectivity index (χ2n) is 7.08. The van der Waals surface area contributed by atoms with Gasteiger partial charge in [0.1, 0.15) is 12.5 Å². The number of halogens is 1. The quantitative estimate of drug-likeness (QED) is 0.781. The molecule has 0 unspecified atom stereocenters. The van der Waals surface area contributed by atoms with Crippen molar-refractivity contribution in [3.8, 4) is 11.4 Å². The van der Waals surface area contributed by atoms with Crippen molar-refractivity contribution in [1.82, 2.24) is 15.0 Å². The molecule has 4 rings (SSSR count). The molecule has 28 heavy (non-hydrogen) atoms. The fourth-order valence-electron chi connectivity index (χ4n) is 3.39. The average Bonchev–Trinajstić information content (AvgIpc) is 3.15. The summed E-state index contributed by atoms with van der Waals surface area (Å²) in [6.45, 7) is 0.770. The van der Waals surface area contributed by atoms with Crippen LogP contribution in [-0.4, -0.2) is 64.1 Å². The second kappa shape index (κ2) is 7.56. The van der Waals surface area contributed by atoms with Gasteiger partial charge >= 0.3 is 0 Å². The highest BCUT2D eigenvalue weighted by Gasteiger charge is 2.26. The van der Waals surface area contributed by atoms with E-state index in [0.717, 1.165) is 23.2 Å². The molecule has 1 fully saturated rings. The van der Waals surface area contributed by atoms with Gasteiger partial charge in [-0.3, -0.25) is 4.98 Å². The van der Waals surface area contributed by atoms with Crippen LogP contribution in [0.15, 0.2) is 28.8 Å². The first-order valence-electron chi connectivity index (χ1n) is 9.06. The smallest absolute Gasteiger partial charge is 0.167 e. The van der Waals surface area contributed by atoms with Crippen molar-refractivity contribution in [2.24, 2.45) is 4.36 Å². The number of ether oxygens (including phenoxy) is 1. The first-order valence-corrected chi connectivity index (χ1v) is 11.4. The molecule has 0 N–H and O–H groups in total. The molecule has 1 aliphatic carbocycles. The Morgan fingerprint density at radius 3 is 3.04 bits per heavy atom. The molecule has 0 saturated carbocycles. The van der Waals surface area contributed by atoms with Crippen molar-refractivity contribution in [1.29, 1.82) is 0 Å². The van der Waals surface area contributed by atoms with E-state index in [1.54, 1.807) is 24.8 Å². The Labute approximate surface area is 163 Å². The van der Waals surface area contributed by atoms with E-state index in [0.29, 0.717) is 37.2 Å². The lowest BCUT2D eigenvalue weighted by atomic mass is 10.1. The molecule has 9 heteroatoms. The Bertz CT molecular complexity index is 1040. The van der Waals surface area contributed by atoms with Gasteiger partial charge in [-0.2, -0.15) is 4.36 Å². The number of morpholine rings is 1. The summed E-state index contributed by atoms with van der Waals surface area (Å²) < 4.78 is 35.5. The van der Waals surface area contributed by atoms with Crippen LogP contribution in [0.5, 0.6) is 0 Å². The maximum absolute atomic E-state index is 13.5. The summed E-state index contributed by atoms with van der Waals surface area (Å²) in [6, 6.07) is 3.11. The predicted octanol–water partition coefficient (Wildman–Crippen LogP) is 2.64. The number of rotatable bonds is 4. The zero-order valence-electron chi connectivity index (χ0n) is 15.8. The third-order valence-electron chi connectivity index (χ3n) is 4.62. The SMILES string of the molecule is CS(C)(=O)=Nc1cc(N2CCOC[C@H]2CF)nc(-c2ccnc3c2C=CC3)n1. The summed E-state index contributed by atoms with van der Waals surface area (Å²) in [5, 5.41) is 0. The van der Waals surface area contributed by atoms with Gasteiger partial charge in [0.25, 0.3) is 0 Å². The van der Waals surface area contributed by atoms with Crippen molar-refractivity contribution >= 4 is 27.4 Å². The molecule has 2 aromatic rings. The van der Waals surface area contributed by atoms with Gasteiger partial charge in [-0.15, -0.1) is 0 Å². The van der Waals surface area contributed by atoms with Crippen molar-refractivity contribution in [3.63, 3.8) is 0 Å². The Kier molecular flexibility index (Phi) is 5.11. The average molecular weight is 403 g/mol. The molecule has 1 saturated heterocycles. The summed E-state index contributed by atoms with van der Waals surface area (Å²) in [6.07, 6.45) is 9.66. The zero-order valence-corrected chi connectivity index (χ0v) is 16.7. The lowest BCUT2D eigenvalue weighted by Gasteiger charge is -2.35. The van der Waals surface area contributed by atoms with Gasteiger partial charge < -0.3 is 9.64 Å². The Balaban J connectivity index is 1.87. The summed E-state index contributed by atoms with van der Waals surface area (Å²) >= 11 is 0. The van der Waals surface area contributed by atoms with Crippen LogP contribution in [0.1, 0.15) is 11.3 Å². The van der Waals surface area contributed by atoms with Gasteiger partial charge in [-0.05, 0) is 6.07 Å². The number of anilines is 1. The maximum Gasteiger partial charge on any atom is 0.167 e. The molecule has 0 radical (unpaired) electrons. The molecule has 0 bridgehead atoms. The topological polar surface area (TPSA) is 80.6 Å². The number of allylic oxidation sites excluding steroid dienone is 1. The summed E-state index contributed by atoms with van der Waals surface area (Å²) in [4.78, 5) is 15.5. The van der Waals surface area contributed by atoms with Gasteiger partial charge in [0, 0.05) is 58.6 Å². The molecule has 0 aromatic carbocycles. The maximum atomic E-state index is 13.5. The van der Waals surface area contributed by atoms with Crippen molar-refractivity contribution < 1.29 is 13.3 Å². The molecular formula is C19H22FN5O2S. The van der Waals surface area contributed by atoms with Crippen molar-refractivity contribution in [2.75, 3.05) is 43.8 Å². The highest BCUT2D eigenvalue weighted by atomic mass is 32.2. The first kappa shape index (κ1) is 18.9. The summed E-state index contributed by atoms with van der Waals surface area (Å²) in [7, 11) is -2.41.